The minimum atomic E-state index is -1.92. The van der Waals surface area contributed by atoms with E-state index in [1.807, 2.05) is 0 Å². The van der Waals surface area contributed by atoms with Crippen LogP contribution in [0.2, 0.25) is 0 Å². The first-order valence-electron chi connectivity index (χ1n) is 6.56. The van der Waals surface area contributed by atoms with Crippen molar-refractivity contribution in [3.05, 3.63) is 0 Å². The fraction of sp³-hybridized carbons (Fsp3) is 1.00. The Kier molecular flexibility index (Phi) is 5.79. The zero-order valence-electron chi connectivity index (χ0n) is 10.8. The first-order valence-corrected chi connectivity index (χ1v) is 10.1. The summed E-state index contributed by atoms with van der Waals surface area (Å²) in [5.41, 5.74) is 0. The van der Waals surface area contributed by atoms with E-state index in [1.54, 1.807) is 0 Å². The van der Waals surface area contributed by atoms with Gasteiger partial charge in [-0.05, 0) is 11.8 Å². The third kappa shape index (κ3) is 4.17. The van der Waals surface area contributed by atoms with E-state index in [0.717, 1.165) is 6.42 Å². The van der Waals surface area contributed by atoms with Crippen molar-refractivity contribution in [1.29, 1.82) is 0 Å². The van der Waals surface area contributed by atoms with Gasteiger partial charge in [0, 0.05) is 19.4 Å². The zero-order valence-corrected chi connectivity index (χ0v) is 13.5. The first kappa shape index (κ1) is 15.7. The molecule has 1 N–H and O–H groups in total. The lowest BCUT2D eigenvalue weighted by molar-refractivity contribution is 0.00738. The van der Waals surface area contributed by atoms with E-state index in [1.165, 1.54) is 0 Å². The molecule has 6 atom stereocenters. The Hall–Kier alpha value is 0.800. The Labute approximate surface area is 124 Å². The molecule has 3 fully saturated rings. The van der Waals surface area contributed by atoms with Crippen LogP contribution in [0.1, 0.15) is 12.8 Å². The second-order valence-electron chi connectivity index (χ2n) is 4.87. The van der Waals surface area contributed by atoms with E-state index in [-0.39, 0.29) is 31.0 Å². The van der Waals surface area contributed by atoms with E-state index in [9.17, 15) is 4.89 Å². The van der Waals surface area contributed by atoms with Gasteiger partial charge < -0.3 is 32.5 Å². The number of rotatable bonds is 0. The molecule has 3 saturated heterocycles. The molecule has 3 rings (SSSR count). The van der Waals surface area contributed by atoms with Crippen LogP contribution in [0, 0.1) is 0 Å². The zero-order chi connectivity index (χ0) is 13.9. The SMILES string of the molecule is OP1OCC2OCCC2O[PH](=S)OCC2CC(CO2)O1. The maximum atomic E-state index is 9.78. The summed E-state index contributed by atoms with van der Waals surface area (Å²) in [6.45, 7) is 1.66. The van der Waals surface area contributed by atoms with Gasteiger partial charge in [0.15, 0.2) is 7.15 Å². The Bertz CT molecular complexity index is 360. The molecule has 3 aliphatic rings. The van der Waals surface area contributed by atoms with Crippen LogP contribution in [0.15, 0.2) is 0 Å². The molecule has 0 aliphatic carbocycles. The van der Waals surface area contributed by atoms with Gasteiger partial charge in [-0.15, -0.1) is 0 Å². The van der Waals surface area contributed by atoms with Crippen LogP contribution in [0.5, 0.6) is 0 Å². The van der Waals surface area contributed by atoms with Gasteiger partial charge in [-0.3, -0.25) is 0 Å². The van der Waals surface area contributed by atoms with Gasteiger partial charge in [0.1, 0.15) is 6.10 Å². The van der Waals surface area contributed by atoms with Crippen LogP contribution in [0.4, 0.5) is 0 Å². The molecule has 3 aliphatic heterocycles. The molecule has 0 amide bonds. The summed E-state index contributed by atoms with van der Waals surface area (Å²) in [4.78, 5) is 9.78. The van der Waals surface area contributed by atoms with E-state index < -0.39 is 15.8 Å². The fourth-order valence-electron chi connectivity index (χ4n) is 2.40. The number of ether oxygens (including phenoxy) is 2. The van der Waals surface area contributed by atoms with Crippen LogP contribution in [0.3, 0.4) is 0 Å². The Morgan fingerprint density at radius 1 is 1.10 bits per heavy atom. The highest BCUT2D eigenvalue weighted by atomic mass is 32.4. The largest absolute Gasteiger partial charge is 0.373 e. The third-order valence-corrected chi connectivity index (χ3v) is 5.80. The third-order valence-electron chi connectivity index (χ3n) is 3.42. The average molecular weight is 344 g/mol. The van der Waals surface area contributed by atoms with Gasteiger partial charge >= 0.3 is 8.60 Å². The van der Waals surface area contributed by atoms with E-state index in [0.29, 0.717) is 26.2 Å². The van der Waals surface area contributed by atoms with Gasteiger partial charge in [0.25, 0.3) is 0 Å². The van der Waals surface area contributed by atoms with Crippen LogP contribution in [-0.4, -0.2) is 55.7 Å². The normalized spacial score (nSPS) is 47.0. The predicted molar refractivity (Wildman–Crippen MR) is 75.2 cm³/mol. The van der Waals surface area contributed by atoms with Crippen molar-refractivity contribution >= 4 is 27.6 Å². The molecule has 0 saturated carbocycles. The van der Waals surface area contributed by atoms with Gasteiger partial charge in [0.05, 0.1) is 38.1 Å². The van der Waals surface area contributed by atoms with Crippen molar-refractivity contribution in [2.24, 2.45) is 0 Å². The average Bonchev–Trinajstić information content (AvgIpc) is 3.03. The molecular weight excluding hydrogens is 326 g/mol. The monoisotopic (exact) mass is 344 g/mol. The van der Waals surface area contributed by atoms with Crippen LogP contribution >= 0.6 is 15.8 Å². The Balaban J connectivity index is 1.64. The van der Waals surface area contributed by atoms with Crippen molar-refractivity contribution in [2.75, 3.05) is 26.4 Å². The summed E-state index contributed by atoms with van der Waals surface area (Å²) >= 11 is 5.24. The van der Waals surface area contributed by atoms with Crippen LogP contribution < -0.4 is 0 Å². The Morgan fingerprint density at radius 2 is 2.00 bits per heavy atom. The summed E-state index contributed by atoms with van der Waals surface area (Å²) in [7, 11) is -3.67. The minimum Gasteiger partial charge on any atom is -0.373 e. The van der Waals surface area contributed by atoms with Crippen LogP contribution in [0.25, 0.3) is 0 Å². The van der Waals surface area contributed by atoms with Crippen molar-refractivity contribution < 1.29 is 32.5 Å². The van der Waals surface area contributed by atoms with Crippen molar-refractivity contribution in [2.45, 2.75) is 37.3 Å². The fourth-order valence-corrected chi connectivity index (χ4v) is 4.61. The molecule has 0 aromatic carbocycles. The standard InChI is InChI=1S/C10H18O7P2S/c11-18-14-6-10-9(1-2-12-10)17-19(20)15-5-7-3-8(16-18)4-13-7/h7-11,19H,1-6H2. The molecule has 7 nitrogen and oxygen atoms in total. The topological polar surface area (TPSA) is 75.6 Å². The van der Waals surface area contributed by atoms with Crippen LogP contribution in [-0.2, 0) is 39.4 Å². The molecule has 0 aromatic rings. The predicted octanol–water partition coefficient (Wildman–Crippen LogP) is 1.11. The smallest absolute Gasteiger partial charge is 0.330 e. The molecule has 3 heterocycles. The second kappa shape index (κ2) is 7.38. The quantitative estimate of drug-likeness (QED) is 0.655. The summed E-state index contributed by atoms with van der Waals surface area (Å²) in [5.74, 6) is 0. The van der Waals surface area contributed by atoms with E-state index >= 15 is 0 Å². The summed E-state index contributed by atoms with van der Waals surface area (Å²) in [5, 5.41) is 0. The van der Waals surface area contributed by atoms with Gasteiger partial charge in [-0.25, -0.2) is 0 Å². The number of fused-ring (bicyclic) bond motifs is 3. The number of hydrogen-bond acceptors (Lipinski definition) is 8. The number of hydrogen-bond donors (Lipinski definition) is 1. The van der Waals surface area contributed by atoms with Crippen molar-refractivity contribution in [3.8, 4) is 0 Å². The maximum absolute atomic E-state index is 9.78. The Morgan fingerprint density at radius 3 is 2.90 bits per heavy atom. The molecule has 0 aromatic heterocycles. The highest BCUT2D eigenvalue weighted by molar-refractivity contribution is 8.00. The van der Waals surface area contributed by atoms with Gasteiger partial charge in [-0.1, -0.05) is 0 Å². The summed E-state index contributed by atoms with van der Waals surface area (Å²) < 4.78 is 33.2. The molecule has 10 heteroatoms. The lowest BCUT2D eigenvalue weighted by atomic mass is 10.2. The molecular formula is C10H18O7P2S. The highest BCUT2D eigenvalue weighted by Crippen LogP contribution is 2.40. The lowest BCUT2D eigenvalue weighted by Crippen LogP contribution is -2.27. The highest BCUT2D eigenvalue weighted by Gasteiger charge is 2.34. The van der Waals surface area contributed by atoms with E-state index in [2.05, 4.69) is 0 Å². The summed E-state index contributed by atoms with van der Waals surface area (Å²) in [6.07, 6.45) is 0.833. The van der Waals surface area contributed by atoms with Gasteiger partial charge in [0.2, 0.25) is 0 Å². The van der Waals surface area contributed by atoms with Gasteiger partial charge in [-0.2, -0.15) is 0 Å². The van der Waals surface area contributed by atoms with E-state index in [4.69, 9.17) is 39.4 Å². The molecule has 0 radical (unpaired) electrons. The van der Waals surface area contributed by atoms with Crippen molar-refractivity contribution in [1.82, 2.24) is 0 Å². The lowest BCUT2D eigenvalue weighted by Gasteiger charge is -2.21. The molecule has 20 heavy (non-hydrogen) atoms. The first-order chi connectivity index (χ1) is 9.70. The molecule has 2 bridgehead atoms. The van der Waals surface area contributed by atoms with Crippen molar-refractivity contribution in [3.63, 3.8) is 0 Å². The molecule has 6 unspecified atom stereocenters. The second-order valence-corrected chi connectivity index (χ2v) is 7.84. The molecule has 116 valence electrons. The minimum absolute atomic E-state index is 0.0636. The molecule has 0 spiro atoms. The maximum Gasteiger partial charge on any atom is 0.330 e. The summed E-state index contributed by atoms with van der Waals surface area (Å²) in [6, 6.07) is 0.